The van der Waals surface area contributed by atoms with E-state index in [4.69, 9.17) is 9.47 Å². The van der Waals surface area contributed by atoms with Crippen molar-refractivity contribution in [1.29, 1.82) is 0 Å². The molecule has 0 aromatic heterocycles. The molecule has 1 aromatic carbocycles. The fourth-order valence-corrected chi connectivity index (χ4v) is 1.89. The quantitative estimate of drug-likeness (QED) is 0.757. The maximum atomic E-state index is 5.11. The summed E-state index contributed by atoms with van der Waals surface area (Å²) >= 11 is 0. The molecule has 0 saturated carbocycles. The van der Waals surface area contributed by atoms with E-state index in [0.29, 0.717) is 13.2 Å². The predicted octanol–water partition coefficient (Wildman–Crippen LogP) is 1.89. The van der Waals surface area contributed by atoms with Crippen LogP contribution in [0.4, 0.5) is 0 Å². The zero-order chi connectivity index (χ0) is 10.8. The van der Waals surface area contributed by atoms with Gasteiger partial charge in [0.05, 0.1) is 0 Å². The topological polar surface area (TPSA) is 43.2 Å². The third-order valence-corrected chi connectivity index (χ3v) is 2.84. The fraction of sp³-hybridized carbons (Fsp3) is 0.333. The summed E-state index contributed by atoms with van der Waals surface area (Å²) in [4.78, 5) is 8.46. The molecule has 0 N–H and O–H groups in total. The van der Waals surface area contributed by atoms with Crippen LogP contribution >= 0.6 is 0 Å². The van der Waals surface area contributed by atoms with Gasteiger partial charge in [0.2, 0.25) is 0 Å². The highest BCUT2D eigenvalue weighted by Crippen LogP contribution is 2.25. The first-order valence-electron chi connectivity index (χ1n) is 5.30. The van der Waals surface area contributed by atoms with Crippen molar-refractivity contribution in [2.45, 2.75) is 12.1 Å². The minimum Gasteiger partial charge on any atom is -0.481 e. The van der Waals surface area contributed by atoms with Crippen LogP contribution in [-0.2, 0) is 9.47 Å². The van der Waals surface area contributed by atoms with E-state index in [1.165, 1.54) is 23.9 Å². The maximum Gasteiger partial charge on any atom is 0.170 e. The molecule has 4 nitrogen and oxygen atoms in total. The molecule has 0 amide bonds. The number of hydrogen-bond acceptors (Lipinski definition) is 4. The lowest BCUT2D eigenvalue weighted by Gasteiger charge is -2.09. The van der Waals surface area contributed by atoms with E-state index in [1.54, 1.807) is 0 Å². The van der Waals surface area contributed by atoms with Gasteiger partial charge in [-0.05, 0) is 11.1 Å². The Balaban J connectivity index is 1.79. The van der Waals surface area contributed by atoms with Gasteiger partial charge in [0, 0.05) is 0 Å². The van der Waals surface area contributed by atoms with Crippen molar-refractivity contribution in [1.82, 2.24) is 0 Å². The molecule has 0 saturated heterocycles. The zero-order valence-corrected chi connectivity index (χ0v) is 8.74. The highest BCUT2D eigenvalue weighted by molar-refractivity contribution is 5.51. The summed E-state index contributed by atoms with van der Waals surface area (Å²) in [5.41, 5.74) is 2.36. The van der Waals surface area contributed by atoms with Gasteiger partial charge >= 0.3 is 0 Å². The van der Waals surface area contributed by atoms with Crippen LogP contribution in [0.15, 0.2) is 34.3 Å². The van der Waals surface area contributed by atoms with Gasteiger partial charge in [-0.15, -0.1) is 0 Å². The molecular weight excluding hydrogens is 204 g/mol. The van der Waals surface area contributed by atoms with Crippen molar-refractivity contribution >= 4 is 12.8 Å². The van der Waals surface area contributed by atoms with Gasteiger partial charge in [-0.3, -0.25) is 0 Å². The second-order valence-corrected chi connectivity index (χ2v) is 3.87. The lowest BCUT2D eigenvalue weighted by atomic mass is 10.0. The van der Waals surface area contributed by atoms with Crippen LogP contribution in [0.3, 0.4) is 0 Å². The van der Waals surface area contributed by atoms with Crippen molar-refractivity contribution in [2.24, 2.45) is 9.98 Å². The number of rotatable bonds is 2. The Morgan fingerprint density at radius 1 is 0.812 bits per heavy atom. The second-order valence-electron chi connectivity index (χ2n) is 3.87. The van der Waals surface area contributed by atoms with E-state index >= 15 is 0 Å². The molecule has 2 unspecified atom stereocenters. The molecule has 2 aliphatic rings. The molecule has 0 aliphatic carbocycles. The molecule has 1 aromatic rings. The van der Waals surface area contributed by atoms with E-state index in [1.807, 2.05) is 0 Å². The average molecular weight is 216 g/mol. The van der Waals surface area contributed by atoms with Crippen LogP contribution in [0.1, 0.15) is 23.2 Å². The summed E-state index contributed by atoms with van der Waals surface area (Å²) in [5, 5.41) is 0. The van der Waals surface area contributed by atoms with Crippen molar-refractivity contribution in [2.75, 3.05) is 13.2 Å². The summed E-state index contributed by atoms with van der Waals surface area (Å²) in [6, 6.07) is 8.63. The lowest BCUT2D eigenvalue weighted by molar-refractivity contribution is 0.329. The highest BCUT2D eigenvalue weighted by atomic mass is 16.5. The molecule has 3 rings (SSSR count). The molecule has 0 radical (unpaired) electrons. The van der Waals surface area contributed by atoms with E-state index in [9.17, 15) is 0 Å². The molecule has 0 bridgehead atoms. The fourth-order valence-electron chi connectivity index (χ4n) is 1.89. The van der Waals surface area contributed by atoms with Gasteiger partial charge in [-0.2, -0.15) is 0 Å². The first-order valence-corrected chi connectivity index (χ1v) is 5.30. The Bertz CT molecular complexity index is 384. The van der Waals surface area contributed by atoms with Crippen LogP contribution in [0, 0.1) is 0 Å². The zero-order valence-electron chi connectivity index (χ0n) is 8.74. The summed E-state index contributed by atoms with van der Waals surface area (Å²) in [6.45, 7) is 1.29. The van der Waals surface area contributed by atoms with Gasteiger partial charge < -0.3 is 9.47 Å². The Kier molecular flexibility index (Phi) is 2.33. The maximum absolute atomic E-state index is 5.11. The standard InChI is InChI=1S/C12H12N2O2/c1-2-10(12-6-16-8-14-12)4-3-9(1)11-5-15-7-13-11/h1-4,7-8,11-12H,5-6H2. The van der Waals surface area contributed by atoms with Crippen molar-refractivity contribution in [3.63, 3.8) is 0 Å². The summed E-state index contributed by atoms with van der Waals surface area (Å²) in [7, 11) is 0. The molecule has 16 heavy (non-hydrogen) atoms. The van der Waals surface area contributed by atoms with E-state index in [0.717, 1.165) is 0 Å². The van der Waals surface area contributed by atoms with Gasteiger partial charge in [0.25, 0.3) is 0 Å². The molecule has 0 spiro atoms. The van der Waals surface area contributed by atoms with Crippen LogP contribution < -0.4 is 0 Å². The van der Waals surface area contributed by atoms with Crippen molar-refractivity contribution in [3.8, 4) is 0 Å². The monoisotopic (exact) mass is 216 g/mol. The summed E-state index contributed by atoms with van der Waals surface area (Å²) in [6.07, 6.45) is 3.04. The van der Waals surface area contributed by atoms with Crippen LogP contribution in [0.25, 0.3) is 0 Å². The Morgan fingerprint density at radius 3 is 1.56 bits per heavy atom. The van der Waals surface area contributed by atoms with Crippen LogP contribution in [0.2, 0.25) is 0 Å². The molecule has 2 atom stereocenters. The largest absolute Gasteiger partial charge is 0.481 e. The Labute approximate surface area is 93.6 Å². The number of benzene rings is 1. The SMILES string of the molecule is C1=NC(c2ccc(C3COC=N3)cc2)CO1. The number of ether oxygens (including phenoxy) is 2. The minimum absolute atomic E-state index is 0.150. The second kappa shape index (κ2) is 3.96. The van der Waals surface area contributed by atoms with E-state index in [-0.39, 0.29) is 12.1 Å². The molecule has 2 heterocycles. The third-order valence-electron chi connectivity index (χ3n) is 2.84. The molecule has 4 heteroatoms. The van der Waals surface area contributed by atoms with Gasteiger partial charge in [-0.25, -0.2) is 9.98 Å². The number of nitrogens with zero attached hydrogens (tertiary/aromatic N) is 2. The van der Waals surface area contributed by atoms with Gasteiger partial charge in [0.15, 0.2) is 12.8 Å². The Hall–Kier alpha value is -1.84. The summed E-state index contributed by atoms with van der Waals surface area (Å²) < 4.78 is 10.2. The van der Waals surface area contributed by atoms with E-state index in [2.05, 4.69) is 34.3 Å². The Morgan fingerprint density at radius 2 is 1.25 bits per heavy atom. The first kappa shape index (κ1) is 9.39. The highest BCUT2D eigenvalue weighted by Gasteiger charge is 2.17. The van der Waals surface area contributed by atoms with Crippen molar-refractivity contribution < 1.29 is 9.47 Å². The van der Waals surface area contributed by atoms with Crippen LogP contribution in [0.5, 0.6) is 0 Å². The predicted molar refractivity (Wildman–Crippen MR) is 60.8 cm³/mol. The van der Waals surface area contributed by atoms with Crippen molar-refractivity contribution in [3.05, 3.63) is 35.4 Å². The molecule has 82 valence electrons. The summed E-state index contributed by atoms with van der Waals surface area (Å²) in [5.74, 6) is 0. The van der Waals surface area contributed by atoms with E-state index < -0.39 is 0 Å². The normalized spacial score (nSPS) is 26.8. The van der Waals surface area contributed by atoms with Gasteiger partial charge in [-0.1, -0.05) is 24.3 Å². The average Bonchev–Trinajstić information content (AvgIpc) is 3.03. The first-order chi connectivity index (χ1) is 7.93. The van der Waals surface area contributed by atoms with Gasteiger partial charge in [0.1, 0.15) is 25.3 Å². The lowest BCUT2D eigenvalue weighted by Crippen LogP contribution is -2.00. The smallest absolute Gasteiger partial charge is 0.170 e. The number of aliphatic imine (C=N–C) groups is 2. The molecule has 0 fully saturated rings. The van der Waals surface area contributed by atoms with Crippen LogP contribution in [-0.4, -0.2) is 26.0 Å². The minimum atomic E-state index is 0.150. The molecule has 2 aliphatic heterocycles. The third kappa shape index (κ3) is 1.66. The molecular formula is C12H12N2O2. The number of hydrogen-bond donors (Lipinski definition) is 0.